The lowest BCUT2D eigenvalue weighted by atomic mass is 9.71. The Kier molecular flexibility index (Phi) is 4.25. The molecular weight excluding hydrogens is 285 g/mol. The van der Waals surface area contributed by atoms with Gasteiger partial charge in [-0.15, -0.1) is 0 Å². The summed E-state index contributed by atoms with van der Waals surface area (Å²) in [7, 11) is -1.60. The zero-order chi connectivity index (χ0) is 16.2. The third-order valence-corrected chi connectivity index (χ3v) is 3.75. The zero-order valence-electron chi connectivity index (χ0n) is 12.3. The van der Waals surface area contributed by atoms with Crippen LogP contribution in [0.2, 0.25) is 0 Å². The topological polar surface area (TPSA) is 64.2 Å². The van der Waals surface area contributed by atoms with Gasteiger partial charge in [-0.2, -0.15) is 5.26 Å². The molecule has 4 heteroatoms. The fraction of sp³-hybridized carbons (Fsp3) is 0. The summed E-state index contributed by atoms with van der Waals surface area (Å²) in [6.45, 7) is 0. The van der Waals surface area contributed by atoms with Crippen LogP contribution in [0.15, 0.2) is 72.8 Å². The second-order valence-electron chi connectivity index (χ2n) is 5.20. The molecule has 2 N–H and O–H groups in total. The summed E-state index contributed by atoms with van der Waals surface area (Å²) in [5.74, 6) is 0. The Labute approximate surface area is 135 Å². The van der Waals surface area contributed by atoms with Gasteiger partial charge in [0.2, 0.25) is 0 Å². The van der Waals surface area contributed by atoms with Gasteiger partial charge in [0.15, 0.2) is 0 Å². The smallest absolute Gasteiger partial charge is 0.423 e. The highest BCUT2D eigenvalue weighted by molar-refractivity contribution is 6.62. The van der Waals surface area contributed by atoms with E-state index in [4.69, 9.17) is 5.26 Å². The summed E-state index contributed by atoms with van der Waals surface area (Å²) in [6, 6.07) is 24.4. The van der Waals surface area contributed by atoms with E-state index in [1.807, 2.05) is 54.6 Å². The van der Waals surface area contributed by atoms with Crippen molar-refractivity contribution in [2.75, 3.05) is 0 Å². The van der Waals surface area contributed by atoms with E-state index in [9.17, 15) is 10.0 Å². The zero-order valence-corrected chi connectivity index (χ0v) is 12.3. The number of nitrogens with zero attached hydrogens (tertiary/aromatic N) is 1. The van der Waals surface area contributed by atoms with Crippen molar-refractivity contribution < 1.29 is 10.0 Å². The molecule has 0 saturated carbocycles. The molecule has 0 unspecified atom stereocenters. The molecule has 0 fully saturated rings. The van der Waals surface area contributed by atoms with E-state index < -0.39 is 7.12 Å². The van der Waals surface area contributed by atoms with Gasteiger partial charge in [0, 0.05) is 0 Å². The second kappa shape index (κ2) is 6.49. The molecule has 23 heavy (non-hydrogen) atoms. The van der Waals surface area contributed by atoms with Crippen LogP contribution in [0.4, 0.5) is 0 Å². The maximum atomic E-state index is 9.93. The SMILES string of the molecule is N#Cc1cccc(-c2cccc(-c3ccccc3)c2B(O)O)c1. The Hall–Kier alpha value is -2.87. The Morgan fingerprint density at radius 3 is 2.00 bits per heavy atom. The van der Waals surface area contributed by atoms with Crippen molar-refractivity contribution in [3.63, 3.8) is 0 Å². The summed E-state index contributed by atoms with van der Waals surface area (Å²) >= 11 is 0. The predicted octanol–water partition coefficient (Wildman–Crippen LogP) is 2.57. The molecule has 110 valence electrons. The first-order valence-corrected chi connectivity index (χ1v) is 7.25. The monoisotopic (exact) mass is 299 g/mol. The largest absolute Gasteiger partial charge is 0.489 e. The van der Waals surface area contributed by atoms with Crippen LogP contribution in [0, 0.1) is 11.3 Å². The molecule has 0 atom stereocenters. The van der Waals surface area contributed by atoms with Crippen molar-refractivity contribution in [2.45, 2.75) is 0 Å². The van der Waals surface area contributed by atoms with E-state index in [0.717, 1.165) is 16.7 Å². The van der Waals surface area contributed by atoms with Gasteiger partial charge < -0.3 is 10.0 Å². The maximum absolute atomic E-state index is 9.93. The molecule has 3 rings (SSSR count). The summed E-state index contributed by atoms with van der Waals surface area (Å²) in [6.07, 6.45) is 0. The Morgan fingerprint density at radius 1 is 0.739 bits per heavy atom. The van der Waals surface area contributed by atoms with Crippen LogP contribution in [0.1, 0.15) is 5.56 Å². The highest BCUT2D eigenvalue weighted by Gasteiger charge is 2.22. The minimum atomic E-state index is -1.60. The van der Waals surface area contributed by atoms with E-state index in [1.165, 1.54) is 0 Å². The molecule has 3 nitrogen and oxygen atoms in total. The molecule has 0 amide bonds. The minimum absolute atomic E-state index is 0.439. The molecule has 3 aromatic carbocycles. The predicted molar refractivity (Wildman–Crippen MR) is 91.9 cm³/mol. The van der Waals surface area contributed by atoms with Crippen molar-refractivity contribution in [1.29, 1.82) is 5.26 Å². The molecule has 0 bridgehead atoms. The molecule has 0 aliphatic heterocycles. The van der Waals surface area contributed by atoms with Gasteiger partial charge in [0.1, 0.15) is 0 Å². The quantitative estimate of drug-likeness (QED) is 0.731. The van der Waals surface area contributed by atoms with Crippen LogP contribution in [-0.2, 0) is 0 Å². The van der Waals surface area contributed by atoms with E-state index in [-0.39, 0.29) is 0 Å². The van der Waals surface area contributed by atoms with Gasteiger partial charge in [-0.1, -0.05) is 60.7 Å². The molecule has 0 aliphatic carbocycles. The standard InChI is InChI=1S/C19H14BNO2/c21-13-14-6-4-9-16(12-14)18-11-5-10-17(19(18)20(22)23)15-7-2-1-3-8-15/h1-12,22-23H. The van der Waals surface area contributed by atoms with Crippen molar-refractivity contribution in [3.05, 3.63) is 78.4 Å². The van der Waals surface area contributed by atoms with E-state index >= 15 is 0 Å². The van der Waals surface area contributed by atoms with Crippen LogP contribution in [0.25, 0.3) is 22.3 Å². The first kappa shape index (κ1) is 15.0. The first-order valence-electron chi connectivity index (χ1n) is 7.25. The summed E-state index contributed by atoms with van der Waals surface area (Å²) < 4.78 is 0. The lowest BCUT2D eigenvalue weighted by Gasteiger charge is -2.15. The van der Waals surface area contributed by atoms with Crippen LogP contribution in [0.3, 0.4) is 0 Å². The number of benzene rings is 3. The fourth-order valence-electron chi connectivity index (χ4n) is 2.72. The second-order valence-corrected chi connectivity index (χ2v) is 5.20. The maximum Gasteiger partial charge on any atom is 0.489 e. The summed E-state index contributed by atoms with van der Waals surface area (Å²) in [5, 5.41) is 28.9. The van der Waals surface area contributed by atoms with Crippen LogP contribution in [0.5, 0.6) is 0 Å². The highest BCUT2D eigenvalue weighted by Crippen LogP contribution is 2.25. The van der Waals surface area contributed by atoms with Crippen LogP contribution in [-0.4, -0.2) is 17.2 Å². The third kappa shape index (κ3) is 3.02. The number of nitriles is 1. The van der Waals surface area contributed by atoms with Gasteiger partial charge in [-0.05, 0) is 39.8 Å². The van der Waals surface area contributed by atoms with Gasteiger partial charge >= 0.3 is 7.12 Å². The molecule has 0 saturated heterocycles. The summed E-state index contributed by atoms with van der Waals surface area (Å²) in [5.41, 5.74) is 4.14. The molecule has 0 aromatic heterocycles. The highest BCUT2D eigenvalue weighted by atomic mass is 16.4. The molecule has 0 aliphatic rings. The minimum Gasteiger partial charge on any atom is -0.423 e. The van der Waals surface area contributed by atoms with Gasteiger partial charge in [0.25, 0.3) is 0 Å². The van der Waals surface area contributed by atoms with Gasteiger partial charge in [-0.25, -0.2) is 0 Å². The molecule has 0 radical (unpaired) electrons. The lowest BCUT2D eigenvalue weighted by Crippen LogP contribution is -2.33. The Morgan fingerprint density at radius 2 is 1.35 bits per heavy atom. The third-order valence-electron chi connectivity index (χ3n) is 3.75. The van der Waals surface area contributed by atoms with E-state index in [1.54, 1.807) is 18.2 Å². The average molecular weight is 299 g/mol. The van der Waals surface area contributed by atoms with Crippen molar-refractivity contribution in [3.8, 4) is 28.3 Å². The summed E-state index contributed by atoms with van der Waals surface area (Å²) in [4.78, 5) is 0. The molecular formula is C19H14BNO2. The molecule has 0 spiro atoms. The van der Waals surface area contributed by atoms with Crippen LogP contribution < -0.4 is 5.46 Å². The average Bonchev–Trinajstić information content (AvgIpc) is 2.61. The van der Waals surface area contributed by atoms with Crippen molar-refractivity contribution in [1.82, 2.24) is 0 Å². The number of hydrogen-bond acceptors (Lipinski definition) is 3. The van der Waals surface area contributed by atoms with E-state index in [2.05, 4.69) is 6.07 Å². The van der Waals surface area contributed by atoms with Gasteiger partial charge in [-0.3, -0.25) is 0 Å². The van der Waals surface area contributed by atoms with Crippen LogP contribution >= 0.6 is 0 Å². The number of rotatable bonds is 3. The first-order chi connectivity index (χ1) is 11.2. The van der Waals surface area contributed by atoms with Crippen molar-refractivity contribution >= 4 is 12.6 Å². The van der Waals surface area contributed by atoms with Gasteiger partial charge in [0.05, 0.1) is 11.6 Å². The molecule has 3 aromatic rings. The normalized spacial score (nSPS) is 10.1. The molecule has 0 heterocycles. The number of hydrogen-bond donors (Lipinski definition) is 2. The Bertz CT molecular complexity index is 870. The Balaban J connectivity index is 2.24. The lowest BCUT2D eigenvalue weighted by molar-refractivity contribution is 0.426. The van der Waals surface area contributed by atoms with Crippen molar-refractivity contribution in [2.24, 2.45) is 0 Å². The van der Waals surface area contributed by atoms with E-state index in [0.29, 0.717) is 16.6 Å². The fourth-order valence-corrected chi connectivity index (χ4v) is 2.72.